The first-order chi connectivity index (χ1) is 5.34. The molecule has 1 rings (SSSR count). The van der Waals surface area contributed by atoms with Crippen molar-refractivity contribution < 1.29 is 17.1 Å². The van der Waals surface area contributed by atoms with Crippen LogP contribution in [-0.2, 0) is 17.9 Å². The lowest BCUT2D eigenvalue weighted by atomic mass is 10.4. The monoisotopic (exact) mass is 262 g/mol. The molecule has 1 aromatic rings. The minimum Gasteiger partial charge on any atom is -1.00 e. The highest BCUT2D eigenvalue weighted by Gasteiger charge is 2.35. The van der Waals surface area contributed by atoms with Crippen LogP contribution in [0.5, 0.6) is 0 Å². The van der Waals surface area contributed by atoms with Crippen LogP contribution in [-0.4, -0.2) is 4.68 Å². The van der Waals surface area contributed by atoms with Gasteiger partial charge in [0.15, 0.2) is 7.05 Å². The van der Waals surface area contributed by atoms with Crippen LogP contribution in [0.3, 0.4) is 0 Å². The van der Waals surface area contributed by atoms with Gasteiger partial charge in [-0.05, 0) is 6.92 Å². The Labute approximate surface area is 98.8 Å². The molecule has 0 aliphatic rings. The van der Waals surface area contributed by atoms with E-state index in [4.69, 9.17) is 34.8 Å². The lowest BCUT2D eigenvalue weighted by Crippen LogP contribution is -3.00. The molecular weight excluding hydrogens is 254 g/mol. The summed E-state index contributed by atoms with van der Waals surface area (Å²) in [6, 6.07) is 1.85. The molecule has 0 radical (unpaired) electrons. The molecular formula is C7H10Cl4N2. The zero-order chi connectivity index (χ0) is 9.52. The van der Waals surface area contributed by atoms with Gasteiger partial charge in [-0.25, -0.2) is 0 Å². The molecule has 0 amide bonds. The summed E-state index contributed by atoms with van der Waals surface area (Å²) in [5, 5.41) is 0. The Kier molecular flexibility index (Phi) is 4.38. The van der Waals surface area contributed by atoms with Gasteiger partial charge in [0, 0.05) is 6.07 Å². The Balaban J connectivity index is 0.00000144. The first-order valence-corrected chi connectivity index (χ1v) is 4.57. The fourth-order valence-corrected chi connectivity index (χ4v) is 1.58. The van der Waals surface area contributed by atoms with E-state index in [1.165, 1.54) is 0 Å². The molecule has 76 valence electrons. The molecule has 0 spiro atoms. The fourth-order valence-electron chi connectivity index (χ4n) is 1.05. The molecule has 0 saturated carbocycles. The number of halogens is 4. The van der Waals surface area contributed by atoms with Crippen LogP contribution in [0.1, 0.15) is 11.4 Å². The predicted octanol–water partition coefficient (Wildman–Crippen LogP) is -1.01. The molecule has 0 saturated heterocycles. The summed E-state index contributed by atoms with van der Waals surface area (Å²) in [4.78, 5) is 0. The van der Waals surface area contributed by atoms with Gasteiger partial charge in [0.2, 0.25) is 0 Å². The first-order valence-electron chi connectivity index (χ1n) is 3.44. The Morgan fingerprint density at radius 2 is 1.85 bits per heavy atom. The van der Waals surface area contributed by atoms with E-state index in [-0.39, 0.29) is 12.4 Å². The number of aromatic nitrogens is 2. The van der Waals surface area contributed by atoms with Crippen molar-refractivity contribution >= 4 is 34.8 Å². The molecule has 0 aliphatic heterocycles. The molecule has 0 bridgehead atoms. The number of rotatable bonds is 0. The third kappa shape index (κ3) is 2.66. The van der Waals surface area contributed by atoms with E-state index in [0.29, 0.717) is 5.69 Å². The quantitative estimate of drug-likeness (QED) is 0.419. The second-order valence-electron chi connectivity index (χ2n) is 2.72. The van der Waals surface area contributed by atoms with Crippen LogP contribution in [0.2, 0.25) is 0 Å². The molecule has 0 N–H and O–H groups in total. The molecule has 6 heteroatoms. The van der Waals surface area contributed by atoms with Crippen molar-refractivity contribution in [3.05, 3.63) is 17.5 Å². The smallest absolute Gasteiger partial charge is 0.277 e. The molecule has 0 unspecified atom stereocenters. The zero-order valence-electron chi connectivity index (χ0n) is 7.48. The minimum absolute atomic E-state index is 0. The lowest BCUT2D eigenvalue weighted by Gasteiger charge is -2.03. The Bertz CT molecular complexity index is 300. The van der Waals surface area contributed by atoms with Crippen LogP contribution < -0.4 is 17.1 Å². The molecule has 0 aliphatic carbocycles. The predicted molar refractivity (Wildman–Crippen MR) is 50.6 cm³/mol. The largest absolute Gasteiger partial charge is 1.00 e. The average molecular weight is 264 g/mol. The highest BCUT2D eigenvalue weighted by atomic mass is 35.6. The third-order valence-corrected chi connectivity index (χ3v) is 2.53. The van der Waals surface area contributed by atoms with Gasteiger partial charge in [-0.15, -0.1) is 4.68 Å². The molecule has 2 nitrogen and oxygen atoms in total. The summed E-state index contributed by atoms with van der Waals surface area (Å²) in [5.74, 6) is 0. The number of aryl methyl sites for hydroxylation is 1. The summed E-state index contributed by atoms with van der Waals surface area (Å²) in [7, 11) is 3.76. The topological polar surface area (TPSA) is 8.81 Å². The van der Waals surface area contributed by atoms with Crippen LogP contribution in [0.4, 0.5) is 0 Å². The zero-order valence-corrected chi connectivity index (χ0v) is 10.5. The molecule has 0 aromatic carbocycles. The Hall–Kier alpha value is 0.370. The van der Waals surface area contributed by atoms with Crippen molar-refractivity contribution in [2.45, 2.75) is 10.7 Å². The minimum atomic E-state index is -1.35. The number of alkyl halides is 3. The summed E-state index contributed by atoms with van der Waals surface area (Å²) in [5.41, 5.74) is 1.73. The standard InChI is InChI=1S/C7H10Cl3N2.ClH/c1-5-4-6(7(8,9)10)12(3)11(5)2;/h4H,1-3H3;1H/q+1;/p-1. The summed E-state index contributed by atoms with van der Waals surface area (Å²) in [6.45, 7) is 1.96. The van der Waals surface area contributed by atoms with Crippen molar-refractivity contribution in [1.29, 1.82) is 0 Å². The van der Waals surface area contributed by atoms with Crippen molar-refractivity contribution in [2.75, 3.05) is 0 Å². The van der Waals surface area contributed by atoms with Crippen LogP contribution in [0, 0.1) is 6.92 Å². The molecule has 1 heterocycles. The normalized spacial score (nSPS) is 11.2. The number of hydrogen-bond acceptors (Lipinski definition) is 0. The first kappa shape index (κ1) is 13.4. The van der Waals surface area contributed by atoms with Crippen molar-refractivity contribution in [3.8, 4) is 0 Å². The maximum Gasteiger partial charge on any atom is 0.277 e. The number of hydrogen-bond donors (Lipinski definition) is 0. The fraction of sp³-hybridized carbons (Fsp3) is 0.571. The highest BCUT2D eigenvalue weighted by Crippen LogP contribution is 2.36. The van der Waals surface area contributed by atoms with Crippen molar-refractivity contribution in [1.82, 2.24) is 4.68 Å². The van der Waals surface area contributed by atoms with E-state index in [9.17, 15) is 0 Å². The average Bonchev–Trinajstić information content (AvgIpc) is 2.15. The third-order valence-electron chi connectivity index (χ3n) is 1.95. The summed E-state index contributed by atoms with van der Waals surface area (Å²) >= 11 is 17.2. The number of nitrogens with zero attached hydrogens (tertiary/aromatic N) is 2. The van der Waals surface area contributed by atoms with Gasteiger partial charge in [0.1, 0.15) is 0 Å². The van der Waals surface area contributed by atoms with Crippen LogP contribution in [0.15, 0.2) is 6.07 Å². The van der Waals surface area contributed by atoms with Gasteiger partial charge in [-0.3, -0.25) is 0 Å². The van der Waals surface area contributed by atoms with E-state index in [0.717, 1.165) is 5.69 Å². The van der Waals surface area contributed by atoms with Gasteiger partial charge in [-0.1, -0.05) is 34.8 Å². The second-order valence-corrected chi connectivity index (χ2v) is 5.00. The van der Waals surface area contributed by atoms with E-state index in [1.807, 2.05) is 36.4 Å². The second kappa shape index (κ2) is 4.26. The summed E-state index contributed by atoms with van der Waals surface area (Å²) < 4.78 is 2.38. The van der Waals surface area contributed by atoms with Gasteiger partial charge in [-0.2, -0.15) is 4.68 Å². The van der Waals surface area contributed by atoms with E-state index < -0.39 is 3.79 Å². The summed E-state index contributed by atoms with van der Waals surface area (Å²) in [6.07, 6.45) is 0. The van der Waals surface area contributed by atoms with E-state index in [2.05, 4.69) is 0 Å². The van der Waals surface area contributed by atoms with Crippen LogP contribution in [0.25, 0.3) is 0 Å². The molecule has 13 heavy (non-hydrogen) atoms. The van der Waals surface area contributed by atoms with Gasteiger partial charge in [0.25, 0.3) is 9.49 Å². The van der Waals surface area contributed by atoms with E-state index in [1.54, 1.807) is 0 Å². The highest BCUT2D eigenvalue weighted by molar-refractivity contribution is 6.66. The Morgan fingerprint density at radius 1 is 1.38 bits per heavy atom. The Morgan fingerprint density at radius 3 is 2.00 bits per heavy atom. The molecule has 1 aromatic heterocycles. The lowest BCUT2D eigenvalue weighted by molar-refractivity contribution is -0.758. The van der Waals surface area contributed by atoms with E-state index >= 15 is 0 Å². The molecule has 0 fully saturated rings. The van der Waals surface area contributed by atoms with Crippen molar-refractivity contribution in [2.24, 2.45) is 14.1 Å². The molecule has 0 atom stereocenters. The van der Waals surface area contributed by atoms with Gasteiger partial charge < -0.3 is 12.4 Å². The van der Waals surface area contributed by atoms with Gasteiger partial charge in [0.05, 0.1) is 12.7 Å². The SMILES string of the molecule is Cc1cc(C(Cl)(Cl)Cl)[n+](C)n1C.[Cl-]. The van der Waals surface area contributed by atoms with Crippen LogP contribution >= 0.6 is 34.8 Å². The maximum atomic E-state index is 5.75. The van der Waals surface area contributed by atoms with Crippen molar-refractivity contribution in [3.63, 3.8) is 0 Å². The maximum absolute atomic E-state index is 5.75. The van der Waals surface area contributed by atoms with Gasteiger partial charge >= 0.3 is 0 Å².